The van der Waals surface area contributed by atoms with Gasteiger partial charge in [-0.05, 0) is 42.0 Å². The number of amides is 1. The van der Waals surface area contributed by atoms with Crippen LogP contribution in [0.4, 0.5) is 4.39 Å². The van der Waals surface area contributed by atoms with Crippen LogP contribution < -0.4 is 25.7 Å². The molecule has 2 aromatic carbocycles. The third kappa shape index (κ3) is 3.67. The number of hydrogen-bond acceptors (Lipinski definition) is 7. The summed E-state index contributed by atoms with van der Waals surface area (Å²) in [6, 6.07) is 12.9. The molecule has 0 spiro atoms. The van der Waals surface area contributed by atoms with E-state index in [1.54, 1.807) is 30.3 Å². The van der Waals surface area contributed by atoms with Crippen LogP contribution in [0.1, 0.15) is 17.0 Å². The molecule has 1 amide bonds. The highest BCUT2D eigenvalue weighted by Crippen LogP contribution is 2.47. The Morgan fingerprint density at radius 3 is 2.69 bits per heavy atom. The summed E-state index contributed by atoms with van der Waals surface area (Å²) in [5.41, 5.74) is 13.7. The zero-order chi connectivity index (χ0) is 22.8. The fourth-order valence-electron chi connectivity index (χ4n) is 3.55. The molecule has 162 valence electrons. The lowest BCUT2D eigenvalue weighted by Crippen LogP contribution is -2.21. The number of carbonyl (C=O) groups excluding carboxylic acids is 1. The topological polar surface area (TPSA) is 149 Å². The van der Waals surface area contributed by atoms with Crippen molar-refractivity contribution in [3.05, 3.63) is 70.9 Å². The Hall–Kier alpha value is -4.52. The molecule has 9 nitrogen and oxygen atoms in total. The van der Waals surface area contributed by atoms with E-state index in [0.717, 1.165) is 0 Å². The van der Waals surface area contributed by atoms with Crippen LogP contribution in [-0.2, 0) is 4.79 Å². The van der Waals surface area contributed by atoms with Gasteiger partial charge < -0.3 is 25.7 Å². The highest BCUT2D eigenvalue weighted by molar-refractivity contribution is 5.75. The van der Waals surface area contributed by atoms with E-state index >= 15 is 0 Å². The minimum absolute atomic E-state index is 0.0739. The standard InChI is InChI=1S/C22H18FN5O4/c1-30-16-8-12(4-7-15(16)31-10-17(25)29)18-14(9-24)21(26)32-22-19(18)20(27-28-22)11-2-5-13(23)6-3-11/h2-8,18H,10,26H2,1H3,(H2,25,29)(H,27,28)/t18-/m0/s1. The molecule has 10 heteroatoms. The number of methoxy groups -OCH3 is 1. The van der Waals surface area contributed by atoms with Crippen LogP contribution in [0.25, 0.3) is 11.3 Å². The van der Waals surface area contributed by atoms with Gasteiger partial charge in [-0.3, -0.25) is 9.89 Å². The number of ether oxygens (including phenoxy) is 3. The van der Waals surface area contributed by atoms with Gasteiger partial charge in [0.1, 0.15) is 17.5 Å². The molecule has 1 atom stereocenters. The van der Waals surface area contributed by atoms with Crippen molar-refractivity contribution < 1.29 is 23.4 Å². The molecule has 3 aromatic rings. The number of halogens is 1. The number of nitriles is 1. The number of allylic oxidation sites excluding steroid dienone is 1. The molecule has 1 aliphatic rings. The predicted octanol–water partition coefficient (Wildman–Crippen LogP) is 2.31. The molecule has 0 unspecified atom stereocenters. The van der Waals surface area contributed by atoms with Gasteiger partial charge in [0.2, 0.25) is 11.8 Å². The van der Waals surface area contributed by atoms with Crippen molar-refractivity contribution in [1.29, 1.82) is 5.26 Å². The first-order valence-electron chi connectivity index (χ1n) is 9.43. The van der Waals surface area contributed by atoms with Gasteiger partial charge in [-0.1, -0.05) is 6.07 Å². The van der Waals surface area contributed by atoms with Crippen LogP contribution in [0.3, 0.4) is 0 Å². The van der Waals surface area contributed by atoms with Gasteiger partial charge in [-0.25, -0.2) is 4.39 Å². The molecule has 0 aliphatic carbocycles. The molecule has 0 saturated heterocycles. The number of primary amides is 1. The second kappa shape index (κ2) is 8.31. The summed E-state index contributed by atoms with van der Waals surface area (Å²) in [6.45, 7) is -0.316. The van der Waals surface area contributed by atoms with Crippen molar-refractivity contribution in [3.8, 4) is 34.7 Å². The van der Waals surface area contributed by atoms with Gasteiger partial charge in [0, 0.05) is 5.56 Å². The number of fused-ring (bicyclic) bond motifs is 1. The maximum Gasteiger partial charge on any atom is 0.255 e. The van der Waals surface area contributed by atoms with E-state index in [1.807, 2.05) is 0 Å². The van der Waals surface area contributed by atoms with Crippen molar-refractivity contribution in [2.24, 2.45) is 11.5 Å². The Labute approximate surface area is 182 Å². The second-order valence-corrected chi connectivity index (χ2v) is 6.91. The zero-order valence-corrected chi connectivity index (χ0v) is 16.9. The zero-order valence-electron chi connectivity index (χ0n) is 16.9. The maximum absolute atomic E-state index is 13.4. The van der Waals surface area contributed by atoms with Gasteiger partial charge in [0.05, 0.1) is 24.3 Å². The molecule has 2 heterocycles. The summed E-state index contributed by atoms with van der Waals surface area (Å²) >= 11 is 0. The summed E-state index contributed by atoms with van der Waals surface area (Å²) in [7, 11) is 1.45. The molecule has 4 rings (SSSR count). The Kier molecular flexibility index (Phi) is 5.39. The summed E-state index contributed by atoms with van der Waals surface area (Å²) in [5, 5.41) is 16.9. The molecule has 5 N–H and O–H groups in total. The monoisotopic (exact) mass is 435 g/mol. The van der Waals surface area contributed by atoms with Gasteiger partial charge in [0.15, 0.2) is 18.1 Å². The predicted molar refractivity (Wildman–Crippen MR) is 111 cm³/mol. The number of nitrogens with one attached hydrogen (secondary N) is 1. The van der Waals surface area contributed by atoms with E-state index < -0.39 is 11.8 Å². The van der Waals surface area contributed by atoms with E-state index in [9.17, 15) is 14.4 Å². The molecular weight excluding hydrogens is 417 g/mol. The van der Waals surface area contributed by atoms with Crippen LogP contribution in [0.15, 0.2) is 53.9 Å². The summed E-state index contributed by atoms with van der Waals surface area (Å²) in [6.07, 6.45) is 0. The van der Waals surface area contributed by atoms with Crippen molar-refractivity contribution in [2.45, 2.75) is 5.92 Å². The number of nitrogens with zero attached hydrogens (tertiary/aromatic N) is 2. The minimum atomic E-state index is -0.651. The Morgan fingerprint density at radius 1 is 1.28 bits per heavy atom. The van der Waals surface area contributed by atoms with Crippen molar-refractivity contribution in [2.75, 3.05) is 13.7 Å². The number of hydrogen-bond donors (Lipinski definition) is 3. The van der Waals surface area contributed by atoms with Crippen LogP contribution in [0, 0.1) is 17.1 Å². The molecule has 1 aromatic heterocycles. The number of carbonyl (C=O) groups is 1. The first-order valence-corrected chi connectivity index (χ1v) is 9.43. The quantitative estimate of drug-likeness (QED) is 0.538. The van der Waals surface area contributed by atoms with Gasteiger partial charge in [0.25, 0.3) is 5.91 Å². The summed E-state index contributed by atoms with van der Waals surface area (Å²) in [5.74, 6) is -0.887. The molecule has 0 radical (unpaired) electrons. The average molecular weight is 435 g/mol. The van der Waals surface area contributed by atoms with Crippen molar-refractivity contribution >= 4 is 5.91 Å². The lowest BCUT2D eigenvalue weighted by molar-refractivity contribution is -0.119. The maximum atomic E-state index is 13.4. The molecule has 1 aliphatic heterocycles. The number of aromatic nitrogens is 2. The smallest absolute Gasteiger partial charge is 0.255 e. The van der Waals surface area contributed by atoms with Crippen LogP contribution >= 0.6 is 0 Å². The third-order valence-corrected chi connectivity index (χ3v) is 4.96. The third-order valence-electron chi connectivity index (χ3n) is 4.96. The normalized spacial score (nSPS) is 14.8. The van der Waals surface area contributed by atoms with Gasteiger partial charge in [-0.2, -0.15) is 5.26 Å². The van der Waals surface area contributed by atoms with E-state index in [-0.39, 0.29) is 29.8 Å². The second-order valence-electron chi connectivity index (χ2n) is 6.91. The van der Waals surface area contributed by atoms with E-state index in [1.165, 1.54) is 19.2 Å². The average Bonchev–Trinajstić information content (AvgIpc) is 3.20. The number of H-pyrrole nitrogens is 1. The molecular formula is C22H18FN5O4. The SMILES string of the molecule is COc1cc([C@H]2C(C#N)=C(N)Oc3n[nH]c(-c4ccc(F)cc4)c32)ccc1OCC(N)=O. The molecule has 32 heavy (non-hydrogen) atoms. The van der Waals surface area contributed by atoms with Gasteiger partial charge in [-0.15, -0.1) is 5.10 Å². The van der Waals surface area contributed by atoms with E-state index in [2.05, 4.69) is 16.3 Å². The first kappa shape index (κ1) is 20.7. The Morgan fingerprint density at radius 2 is 2.03 bits per heavy atom. The minimum Gasteiger partial charge on any atom is -0.493 e. The Bertz CT molecular complexity index is 1260. The lowest BCUT2D eigenvalue weighted by Gasteiger charge is -2.24. The fraction of sp³-hybridized carbons (Fsp3) is 0.136. The van der Waals surface area contributed by atoms with Crippen molar-refractivity contribution in [3.63, 3.8) is 0 Å². The van der Waals surface area contributed by atoms with Crippen LogP contribution in [0.2, 0.25) is 0 Å². The highest BCUT2D eigenvalue weighted by atomic mass is 19.1. The molecule has 0 saturated carbocycles. The molecule has 0 bridgehead atoms. The number of nitrogens with two attached hydrogens (primary N) is 2. The lowest BCUT2D eigenvalue weighted by atomic mass is 9.83. The van der Waals surface area contributed by atoms with E-state index in [4.69, 9.17) is 25.7 Å². The van der Waals surface area contributed by atoms with Crippen LogP contribution in [0.5, 0.6) is 17.4 Å². The molecule has 0 fully saturated rings. The van der Waals surface area contributed by atoms with Crippen molar-refractivity contribution in [1.82, 2.24) is 10.2 Å². The fourth-order valence-corrected chi connectivity index (χ4v) is 3.55. The summed E-state index contributed by atoms with van der Waals surface area (Å²) in [4.78, 5) is 11.1. The van der Waals surface area contributed by atoms with E-state index in [0.29, 0.717) is 33.9 Å². The number of rotatable bonds is 6. The largest absolute Gasteiger partial charge is 0.493 e. The van der Waals surface area contributed by atoms with Gasteiger partial charge >= 0.3 is 0 Å². The first-order chi connectivity index (χ1) is 15.4. The highest BCUT2D eigenvalue weighted by Gasteiger charge is 2.36. The van der Waals surface area contributed by atoms with Crippen LogP contribution in [-0.4, -0.2) is 29.8 Å². The number of benzene rings is 2. The summed E-state index contributed by atoms with van der Waals surface area (Å²) < 4.78 is 29.8. The number of aromatic amines is 1. The Balaban J connectivity index is 1.85.